The Morgan fingerprint density at radius 1 is 1.65 bits per heavy atom. The molecule has 1 aromatic rings. The van der Waals surface area contributed by atoms with Crippen LogP contribution in [0.25, 0.3) is 0 Å². The van der Waals surface area contributed by atoms with E-state index in [0.29, 0.717) is 23.8 Å². The van der Waals surface area contributed by atoms with Crippen molar-refractivity contribution in [2.24, 2.45) is 5.92 Å². The molecule has 0 spiro atoms. The van der Waals surface area contributed by atoms with Gasteiger partial charge in [-0.3, -0.25) is 9.78 Å². The highest BCUT2D eigenvalue weighted by Gasteiger charge is 2.12. The van der Waals surface area contributed by atoms with Crippen LogP contribution in [0.2, 0.25) is 0 Å². The summed E-state index contributed by atoms with van der Waals surface area (Å²) >= 11 is 3.38. The molecule has 0 saturated carbocycles. The van der Waals surface area contributed by atoms with Gasteiger partial charge in [0.05, 0.1) is 18.9 Å². The number of aromatic nitrogens is 1. The standard InChI is InChI=1S/C12H17BrN2O2/c1-9(3-5-13)7-15-12(16)10-4-6-14-8-11(10)17-2/h4,6,8-9H,3,5,7H2,1-2H3,(H,15,16). The summed E-state index contributed by atoms with van der Waals surface area (Å²) < 4.78 is 5.09. The predicted molar refractivity (Wildman–Crippen MR) is 70.7 cm³/mol. The van der Waals surface area contributed by atoms with Crippen LogP contribution in [0.4, 0.5) is 0 Å². The van der Waals surface area contributed by atoms with Crippen molar-refractivity contribution in [3.05, 3.63) is 24.0 Å². The Balaban J connectivity index is 2.58. The molecule has 0 aliphatic rings. The third-order valence-electron chi connectivity index (χ3n) is 2.46. The van der Waals surface area contributed by atoms with Gasteiger partial charge in [0.1, 0.15) is 5.75 Å². The van der Waals surface area contributed by atoms with Crippen molar-refractivity contribution in [1.82, 2.24) is 10.3 Å². The van der Waals surface area contributed by atoms with Crippen molar-refractivity contribution >= 4 is 21.8 Å². The fourth-order valence-corrected chi connectivity index (χ4v) is 2.16. The number of halogens is 1. The molecule has 17 heavy (non-hydrogen) atoms. The average Bonchev–Trinajstić information content (AvgIpc) is 2.36. The van der Waals surface area contributed by atoms with Crippen LogP contribution in [0, 0.1) is 5.92 Å². The molecule has 1 heterocycles. The van der Waals surface area contributed by atoms with Crippen molar-refractivity contribution in [1.29, 1.82) is 0 Å². The van der Waals surface area contributed by atoms with Crippen LogP contribution < -0.4 is 10.1 Å². The van der Waals surface area contributed by atoms with Gasteiger partial charge < -0.3 is 10.1 Å². The number of carbonyl (C=O) groups is 1. The zero-order valence-electron chi connectivity index (χ0n) is 10.1. The van der Waals surface area contributed by atoms with Gasteiger partial charge in [0.15, 0.2) is 0 Å². The highest BCUT2D eigenvalue weighted by atomic mass is 79.9. The molecule has 0 aliphatic carbocycles. The number of pyridine rings is 1. The van der Waals surface area contributed by atoms with Gasteiger partial charge in [-0.25, -0.2) is 0 Å². The second-order valence-corrected chi connectivity index (χ2v) is 4.66. The minimum Gasteiger partial charge on any atom is -0.494 e. The fourth-order valence-electron chi connectivity index (χ4n) is 1.38. The van der Waals surface area contributed by atoms with Crippen molar-refractivity contribution in [3.8, 4) is 5.75 Å². The van der Waals surface area contributed by atoms with E-state index in [2.05, 4.69) is 33.2 Å². The van der Waals surface area contributed by atoms with Gasteiger partial charge in [0, 0.05) is 18.1 Å². The molecule has 0 aliphatic heterocycles. The van der Waals surface area contributed by atoms with Crippen LogP contribution in [0.3, 0.4) is 0 Å². The minimum atomic E-state index is -0.120. The molecule has 4 nitrogen and oxygen atoms in total. The highest BCUT2D eigenvalue weighted by Crippen LogP contribution is 2.15. The molecular weight excluding hydrogens is 284 g/mol. The van der Waals surface area contributed by atoms with Crippen LogP contribution in [0.5, 0.6) is 5.75 Å². The Bertz CT molecular complexity index is 371. The number of nitrogens with zero attached hydrogens (tertiary/aromatic N) is 1. The quantitative estimate of drug-likeness (QED) is 0.820. The smallest absolute Gasteiger partial charge is 0.255 e. The van der Waals surface area contributed by atoms with E-state index in [0.717, 1.165) is 11.8 Å². The second-order valence-electron chi connectivity index (χ2n) is 3.87. The van der Waals surface area contributed by atoms with Crippen LogP contribution in [-0.2, 0) is 0 Å². The minimum absolute atomic E-state index is 0.120. The Labute approximate surface area is 110 Å². The van der Waals surface area contributed by atoms with E-state index in [-0.39, 0.29) is 5.91 Å². The van der Waals surface area contributed by atoms with E-state index in [1.807, 2.05) is 0 Å². The number of ether oxygens (including phenoxy) is 1. The molecule has 0 aromatic carbocycles. The summed E-state index contributed by atoms with van der Waals surface area (Å²) in [4.78, 5) is 15.8. The Kier molecular flexibility index (Phi) is 5.97. The number of rotatable bonds is 6. The summed E-state index contributed by atoms with van der Waals surface area (Å²) in [6.45, 7) is 2.77. The molecule has 0 saturated heterocycles. The summed E-state index contributed by atoms with van der Waals surface area (Å²) in [7, 11) is 1.53. The number of amides is 1. The predicted octanol–water partition coefficient (Wildman–Crippen LogP) is 2.24. The number of methoxy groups -OCH3 is 1. The molecule has 1 atom stereocenters. The number of hydrogen-bond acceptors (Lipinski definition) is 3. The van der Waals surface area contributed by atoms with Crippen molar-refractivity contribution < 1.29 is 9.53 Å². The Morgan fingerprint density at radius 3 is 3.06 bits per heavy atom. The number of carbonyl (C=O) groups excluding carboxylic acids is 1. The molecule has 0 fully saturated rings. The van der Waals surface area contributed by atoms with Gasteiger partial charge in [-0.15, -0.1) is 0 Å². The molecular formula is C12H17BrN2O2. The van der Waals surface area contributed by atoms with Gasteiger partial charge in [-0.1, -0.05) is 22.9 Å². The lowest BCUT2D eigenvalue weighted by atomic mass is 10.1. The topological polar surface area (TPSA) is 51.2 Å². The van der Waals surface area contributed by atoms with E-state index in [4.69, 9.17) is 4.74 Å². The summed E-state index contributed by atoms with van der Waals surface area (Å²) in [6.07, 6.45) is 4.16. The van der Waals surface area contributed by atoms with Crippen LogP contribution in [0.15, 0.2) is 18.5 Å². The van der Waals surface area contributed by atoms with E-state index in [1.54, 1.807) is 12.3 Å². The summed E-state index contributed by atoms with van der Waals surface area (Å²) in [6, 6.07) is 1.66. The van der Waals surface area contributed by atoms with E-state index in [9.17, 15) is 4.79 Å². The lowest BCUT2D eigenvalue weighted by Gasteiger charge is -2.12. The largest absolute Gasteiger partial charge is 0.494 e. The third kappa shape index (κ3) is 4.34. The first kappa shape index (κ1) is 14.0. The molecule has 1 unspecified atom stereocenters. The highest BCUT2D eigenvalue weighted by molar-refractivity contribution is 9.09. The van der Waals surface area contributed by atoms with Gasteiger partial charge >= 0.3 is 0 Å². The molecule has 0 bridgehead atoms. The lowest BCUT2D eigenvalue weighted by molar-refractivity contribution is 0.0944. The van der Waals surface area contributed by atoms with Crippen LogP contribution in [0.1, 0.15) is 23.7 Å². The maximum atomic E-state index is 11.9. The van der Waals surface area contributed by atoms with E-state index >= 15 is 0 Å². The third-order valence-corrected chi connectivity index (χ3v) is 2.92. The number of hydrogen-bond donors (Lipinski definition) is 1. The summed E-state index contributed by atoms with van der Waals surface area (Å²) in [5, 5.41) is 3.84. The fraction of sp³-hybridized carbons (Fsp3) is 0.500. The first-order valence-electron chi connectivity index (χ1n) is 5.51. The van der Waals surface area contributed by atoms with E-state index in [1.165, 1.54) is 13.3 Å². The molecule has 5 heteroatoms. The van der Waals surface area contributed by atoms with E-state index < -0.39 is 0 Å². The Hall–Kier alpha value is -1.10. The normalized spacial score (nSPS) is 11.9. The number of alkyl halides is 1. The van der Waals surface area contributed by atoms with Crippen molar-refractivity contribution in [2.75, 3.05) is 19.0 Å². The summed E-state index contributed by atoms with van der Waals surface area (Å²) in [5.41, 5.74) is 0.522. The lowest BCUT2D eigenvalue weighted by Crippen LogP contribution is -2.28. The first-order chi connectivity index (χ1) is 8.19. The van der Waals surface area contributed by atoms with Gasteiger partial charge in [-0.05, 0) is 18.4 Å². The monoisotopic (exact) mass is 300 g/mol. The molecule has 1 N–H and O–H groups in total. The zero-order valence-corrected chi connectivity index (χ0v) is 11.7. The zero-order chi connectivity index (χ0) is 12.7. The Morgan fingerprint density at radius 2 is 2.41 bits per heavy atom. The average molecular weight is 301 g/mol. The molecule has 1 amide bonds. The van der Waals surface area contributed by atoms with Gasteiger partial charge in [-0.2, -0.15) is 0 Å². The first-order valence-corrected chi connectivity index (χ1v) is 6.63. The second kappa shape index (κ2) is 7.27. The van der Waals surface area contributed by atoms with Gasteiger partial charge in [0.25, 0.3) is 5.91 Å². The summed E-state index contributed by atoms with van der Waals surface area (Å²) in [5.74, 6) is 0.829. The van der Waals surface area contributed by atoms with Crippen LogP contribution in [-0.4, -0.2) is 29.9 Å². The van der Waals surface area contributed by atoms with Crippen LogP contribution >= 0.6 is 15.9 Å². The molecule has 94 valence electrons. The van der Waals surface area contributed by atoms with Crippen molar-refractivity contribution in [3.63, 3.8) is 0 Å². The number of nitrogens with one attached hydrogen (secondary N) is 1. The molecule has 1 aromatic heterocycles. The maximum absolute atomic E-state index is 11.9. The SMILES string of the molecule is COc1cnccc1C(=O)NCC(C)CCBr. The maximum Gasteiger partial charge on any atom is 0.255 e. The van der Waals surface area contributed by atoms with Gasteiger partial charge in [0.2, 0.25) is 0 Å². The molecule has 0 radical (unpaired) electrons. The van der Waals surface area contributed by atoms with Crippen molar-refractivity contribution in [2.45, 2.75) is 13.3 Å². The molecule has 1 rings (SSSR count).